The molecule has 1 amide bonds. The van der Waals surface area contributed by atoms with Crippen molar-refractivity contribution < 1.29 is 4.79 Å². The van der Waals surface area contributed by atoms with Gasteiger partial charge in [-0.15, -0.1) is 0 Å². The molecule has 0 aliphatic heterocycles. The van der Waals surface area contributed by atoms with Crippen LogP contribution in [-0.2, 0) is 0 Å². The lowest BCUT2D eigenvalue weighted by Crippen LogP contribution is -2.12. The summed E-state index contributed by atoms with van der Waals surface area (Å²) < 4.78 is 0. The van der Waals surface area contributed by atoms with E-state index in [9.17, 15) is 4.79 Å². The molecule has 2 rings (SSSR count). The Morgan fingerprint density at radius 1 is 1.17 bits per heavy atom. The minimum absolute atomic E-state index is 0.0655. The summed E-state index contributed by atoms with van der Waals surface area (Å²) in [5, 5.41) is 3.49. The zero-order valence-electron chi connectivity index (χ0n) is 13.5. The van der Waals surface area contributed by atoms with Gasteiger partial charge in [0.05, 0.1) is 5.56 Å². The van der Waals surface area contributed by atoms with Crippen LogP contribution in [0.2, 0.25) is 5.02 Å². The Kier molecular flexibility index (Phi) is 5.60. The third-order valence-electron chi connectivity index (χ3n) is 3.49. The number of benzene rings is 2. The third kappa shape index (κ3) is 4.60. The van der Waals surface area contributed by atoms with Gasteiger partial charge in [0.1, 0.15) is 5.84 Å². The number of rotatable bonds is 4. The lowest BCUT2D eigenvalue weighted by atomic mass is 10.1. The number of nitrogen functional groups attached to an aromatic ring is 1. The Morgan fingerprint density at radius 2 is 1.92 bits per heavy atom. The molecule has 0 radical (unpaired) electrons. The quantitative estimate of drug-likeness (QED) is 0.449. The second-order valence-corrected chi connectivity index (χ2v) is 5.79. The van der Waals surface area contributed by atoms with Gasteiger partial charge in [-0.1, -0.05) is 17.7 Å². The van der Waals surface area contributed by atoms with Crippen molar-refractivity contribution in [2.75, 3.05) is 11.1 Å². The molecule has 0 atom stereocenters. The molecule has 0 saturated carbocycles. The topological polar surface area (TPSA) is 93.5 Å². The van der Waals surface area contributed by atoms with Gasteiger partial charge in [0.25, 0.3) is 5.91 Å². The van der Waals surface area contributed by atoms with Gasteiger partial charge in [-0.2, -0.15) is 4.99 Å². The third-order valence-corrected chi connectivity index (χ3v) is 3.72. The van der Waals surface area contributed by atoms with Crippen LogP contribution in [-0.4, -0.2) is 11.7 Å². The van der Waals surface area contributed by atoms with E-state index in [1.54, 1.807) is 18.3 Å². The number of hydrogen-bond acceptors (Lipinski definition) is 3. The van der Waals surface area contributed by atoms with Crippen molar-refractivity contribution in [1.29, 1.82) is 0 Å². The first kappa shape index (κ1) is 17.6. The van der Waals surface area contributed by atoms with Crippen LogP contribution in [0.15, 0.2) is 53.7 Å². The summed E-state index contributed by atoms with van der Waals surface area (Å²) in [7, 11) is 0. The van der Waals surface area contributed by atoms with E-state index in [2.05, 4.69) is 10.3 Å². The Balaban J connectivity index is 2.06. The first-order valence-electron chi connectivity index (χ1n) is 7.30. The molecule has 2 aromatic rings. The normalized spacial score (nSPS) is 11.7. The number of aryl methyl sites for hydroxylation is 2. The average Bonchev–Trinajstić information content (AvgIpc) is 2.53. The number of hydrogen-bond donors (Lipinski definition) is 3. The van der Waals surface area contributed by atoms with E-state index >= 15 is 0 Å². The van der Waals surface area contributed by atoms with E-state index in [1.165, 1.54) is 23.3 Å². The molecule has 0 aliphatic rings. The summed E-state index contributed by atoms with van der Waals surface area (Å²) in [6, 6.07) is 10.6. The van der Waals surface area contributed by atoms with E-state index in [1.807, 2.05) is 32.0 Å². The van der Waals surface area contributed by atoms with E-state index in [-0.39, 0.29) is 11.4 Å². The highest BCUT2D eigenvalue weighted by molar-refractivity contribution is 6.31. The fraction of sp³-hybridized carbons (Fsp3) is 0.111. The summed E-state index contributed by atoms with van der Waals surface area (Å²) in [5.41, 5.74) is 15.3. The minimum atomic E-state index is -0.539. The molecule has 124 valence electrons. The Bertz CT molecular complexity index is 828. The van der Waals surface area contributed by atoms with Crippen molar-refractivity contribution in [2.45, 2.75) is 13.8 Å². The molecule has 0 spiro atoms. The highest BCUT2D eigenvalue weighted by Gasteiger charge is 2.09. The Hall–Kier alpha value is -2.79. The summed E-state index contributed by atoms with van der Waals surface area (Å²) in [5.74, 6) is -0.473. The van der Waals surface area contributed by atoms with Crippen LogP contribution < -0.4 is 16.8 Å². The summed E-state index contributed by atoms with van der Waals surface area (Å²) in [6.07, 6.45) is 3.13. The van der Waals surface area contributed by atoms with Gasteiger partial charge in [-0.25, -0.2) is 0 Å². The largest absolute Gasteiger partial charge is 0.398 e. The molecule has 5 N–H and O–H groups in total. The number of amides is 1. The van der Waals surface area contributed by atoms with Gasteiger partial charge < -0.3 is 16.8 Å². The van der Waals surface area contributed by atoms with E-state index in [4.69, 9.17) is 23.1 Å². The molecule has 5 nitrogen and oxygen atoms in total. The van der Waals surface area contributed by atoms with Gasteiger partial charge in [0, 0.05) is 22.6 Å². The van der Waals surface area contributed by atoms with Gasteiger partial charge in [-0.3, -0.25) is 4.79 Å². The van der Waals surface area contributed by atoms with Crippen LogP contribution in [0.4, 0.5) is 11.4 Å². The summed E-state index contributed by atoms with van der Waals surface area (Å²) >= 11 is 5.86. The average molecular weight is 343 g/mol. The van der Waals surface area contributed by atoms with E-state index < -0.39 is 5.91 Å². The first-order valence-corrected chi connectivity index (χ1v) is 7.68. The molecule has 0 aliphatic carbocycles. The van der Waals surface area contributed by atoms with E-state index in [0.717, 1.165) is 5.69 Å². The van der Waals surface area contributed by atoms with Crippen LogP contribution in [0.25, 0.3) is 0 Å². The number of amidine groups is 1. The molecule has 24 heavy (non-hydrogen) atoms. The van der Waals surface area contributed by atoms with Gasteiger partial charge >= 0.3 is 0 Å². The number of carbonyl (C=O) groups excluding carboxylic acids is 1. The number of carbonyl (C=O) groups is 1. The van der Waals surface area contributed by atoms with Gasteiger partial charge in [0.15, 0.2) is 0 Å². The SMILES string of the molecule is Cc1ccc(N/C=C\C(N)=NC(=O)c2cc(Cl)ccc2N)cc1C. The maximum atomic E-state index is 12.1. The predicted octanol–water partition coefficient (Wildman–Crippen LogP) is 3.66. The first-order chi connectivity index (χ1) is 11.4. The molecule has 0 fully saturated rings. The molecular weight excluding hydrogens is 324 g/mol. The van der Waals surface area contributed by atoms with Gasteiger partial charge in [-0.05, 0) is 61.4 Å². The standard InChI is InChI=1S/C18H19ClN4O/c1-11-3-5-14(9-12(11)2)22-8-7-17(21)23-18(24)15-10-13(19)4-6-16(15)20/h3-10,22H,20H2,1-2H3,(H2,21,23,24)/b8-7-. The van der Waals surface area contributed by atoms with Crippen molar-refractivity contribution in [3.05, 3.63) is 70.4 Å². The number of nitrogens with two attached hydrogens (primary N) is 2. The van der Waals surface area contributed by atoms with Gasteiger partial charge in [0.2, 0.25) is 0 Å². The van der Waals surface area contributed by atoms with Crippen molar-refractivity contribution in [3.63, 3.8) is 0 Å². The second kappa shape index (κ2) is 7.66. The molecule has 0 unspecified atom stereocenters. The Labute approximate surface area is 146 Å². The molecule has 0 bridgehead atoms. The number of anilines is 2. The van der Waals surface area contributed by atoms with Crippen molar-refractivity contribution >= 4 is 34.7 Å². The lowest BCUT2D eigenvalue weighted by Gasteiger charge is -2.04. The zero-order chi connectivity index (χ0) is 17.7. The molecule has 0 heterocycles. The highest BCUT2D eigenvalue weighted by atomic mass is 35.5. The highest BCUT2D eigenvalue weighted by Crippen LogP contribution is 2.18. The number of halogens is 1. The van der Waals surface area contributed by atoms with Crippen LogP contribution in [0.3, 0.4) is 0 Å². The van der Waals surface area contributed by atoms with Crippen molar-refractivity contribution in [2.24, 2.45) is 10.7 Å². The lowest BCUT2D eigenvalue weighted by molar-refractivity contribution is 0.100. The molecule has 0 saturated heterocycles. The number of nitrogens with one attached hydrogen (secondary N) is 1. The van der Waals surface area contributed by atoms with Crippen molar-refractivity contribution in [3.8, 4) is 0 Å². The van der Waals surface area contributed by atoms with Crippen LogP contribution >= 0.6 is 11.6 Å². The summed E-state index contributed by atoms with van der Waals surface area (Å²) in [6.45, 7) is 4.08. The summed E-state index contributed by atoms with van der Waals surface area (Å²) in [4.78, 5) is 15.9. The molecule has 0 aromatic heterocycles. The monoisotopic (exact) mass is 342 g/mol. The van der Waals surface area contributed by atoms with E-state index in [0.29, 0.717) is 10.7 Å². The van der Waals surface area contributed by atoms with Crippen LogP contribution in [0.5, 0.6) is 0 Å². The Morgan fingerprint density at radius 3 is 2.62 bits per heavy atom. The van der Waals surface area contributed by atoms with Crippen LogP contribution in [0.1, 0.15) is 21.5 Å². The maximum absolute atomic E-state index is 12.1. The molecule has 2 aromatic carbocycles. The zero-order valence-corrected chi connectivity index (χ0v) is 14.3. The minimum Gasteiger partial charge on any atom is -0.398 e. The molecule has 6 heteroatoms. The fourth-order valence-electron chi connectivity index (χ4n) is 1.98. The second-order valence-electron chi connectivity index (χ2n) is 5.35. The number of aliphatic imine (C=N–C) groups is 1. The maximum Gasteiger partial charge on any atom is 0.281 e. The predicted molar refractivity (Wildman–Crippen MR) is 100 cm³/mol. The molecular formula is C18H19ClN4O. The smallest absolute Gasteiger partial charge is 0.281 e. The number of nitrogens with zero attached hydrogens (tertiary/aromatic N) is 1. The van der Waals surface area contributed by atoms with Crippen molar-refractivity contribution in [1.82, 2.24) is 0 Å². The fourth-order valence-corrected chi connectivity index (χ4v) is 2.16. The van der Waals surface area contributed by atoms with Crippen LogP contribution in [0, 0.1) is 13.8 Å².